The SMILES string of the molecule is O=c1c2ccc(C(F)(F)F)cc2nc(Cl)n1CC1CNC1. The highest BCUT2D eigenvalue weighted by molar-refractivity contribution is 6.28. The number of rotatable bonds is 2. The van der Waals surface area contributed by atoms with E-state index in [1.54, 1.807) is 0 Å². The first-order chi connectivity index (χ1) is 9.86. The Morgan fingerprint density at radius 3 is 2.67 bits per heavy atom. The summed E-state index contributed by atoms with van der Waals surface area (Å²) in [7, 11) is 0. The summed E-state index contributed by atoms with van der Waals surface area (Å²) in [6.07, 6.45) is -4.48. The molecule has 0 radical (unpaired) electrons. The lowest BCUT2D eigenvalue weighted by Gasteiger charge is -2.27. The van der Waals surface area contributed by atoms with Gasteiger partial charge in [0.2, 0.25) is 5.28 Å². The second kappa shape index (κ2) is 4.99. The van der Waals surface area contributed by atoms with E-state index in [0.29, 0.717) is 6.54 Å². The van der Waals surface area contributed by atoms with Gasteiger partial charge in [-0.2, -0.15) is 13.2 Å². The normalized spacial score (nSPS) is 16.2. The number of hydrogen-bond donors (Lipinski definition) is 1. The van der Waals surface area contributed by atoms with Gasteiger partial charge in [0.25, 0.3) is 5.56 Å². The summed E-state index contributed by atoms with van der Waals surface area (Å²) >= 11 is 5.95. The first kappa shape index (κ1) is 14.3. The van der Waals surface area contributed by atoms with Crippen molar-refractivity contribution in [3.8, 4) is 0 Å². The van der Waals surface area contributed by atoms with E-state index in [4.69, 9.17) is 11.6 Å². The van der Waals surface area contributed by atoms with E-state index in [1.165, 1.54) is 4.57 Å². The van der Waals surface area contributed by atoms with Crippen LogP contribution in [0.15, 0.2) is 23.0 Å². The number of halogens is 4. The molecule has 0 aliphatic carbocycles. The smallest absolute Gasteiger partial charge is 0.316 e. The van der Waals surface area contributed by atoms with E-state index in [1.807, 2.05) is 0 Å². The molecule has 3 rings (SSSR count). The van der Waals surface area contributed by atoms with Crippen molar-refractivity contribution in [2.24, 2.45) is 5.92 Å². The molecule has 8 heteroatoms. The molecule has 1 saturated heterocycles. The first-order valence-corrected chi connectivity index (χ1v) is 6.72. The van der Waals surface area contributed by atoms with E-state index in [9.17, 15) is 18.0 Å². The maximum absolute atomic E-state index is 12.7. The Kier molecular flexibility index (Phi) is 3.41. The molecule has 1 aliphatic rings. The Morgan fingerprint density at radius 2 is 2.10 bits per heavy atom. The molecule has 1 fully saturated rings. The van der Waals surface area contributed by atoms with Gasteiger partial charge in [-0.3, -0.25) is 9.36 Å². The van der Waals surface area contributed by atoms with E-state index < -0.39 is 17.3 Å². The number of nitrogens with one attached hydrogen (secondary N) is 1. The van der Waals surface area contributed by atoms with Crippen LogP contribution in [-0.2, 0) is 12.7 Å². The van der Waals surface area contributed by atoms with Crippen LogP contribution in [0.4, 0.5) is 13.2 Å². The van der Waals surface area contributed by atoms with E-state index in [0.717, 1.165) is 31.3 Å². The molecular weight excluding hydrogens is 307 g/mol. The summed E-state index contributed by atoms with van der Waals surface area (Å²) < 4.78 is 39.3. The zero-order valence-electron chi connectivity index (χ0n) is 10.7. The van der Waals surface area contributed by atoms with E-state index >= 15 is 0 Å². The maximum Gasteiger partial charge on any atom is 0.416 e. The van der Waals surface area contributed by atoms with Gasteiger partial charge in [0.15, 0.2) is 0 Å². The molecule has 2 aromatic rings. The van der Waals surface area contributed by atoms with Gasteiger partial charge in [0.05, 0.1) is 16.5 Å². The van der Waals surface area contributed by atoms with Gasteiger partial charge < -0.3 is 5.32 Å². The summed E-state index contributed by atoms with van der Waals surface area (Å²) in [5.41, 5.74) is -1.30. The van der Waals surface area contributed by atoms with Crippen LogP contribution >= 0.6 is 11.6 Å². The second-order valence-corrected chi connectivity index (χ2v) is 5.39. The Bertz CT molecular complexity index is 753. The Labute approximate surface area is 122 Å². The standard InChI is InChI=1S/C13H11ClF3N3O/c14-12-19-10-3-8(13(15,16)17)1-2-9(10)11(21)20(12)6-7-4-18-5-7/h1-3,7,18H,4-6H2. The van der Waals surface area contributed by atoms with Crippen molar-refractivity contribution in [2.75, 3.05) is 13.1 Å². The predicted octanol–water partition coefficient (Wildman–Crippen LogP) is 2.29. The molecule has 1 aliphatic heterocycles. The molecule has 2 heterocycles. The molecule has 0 amide bonds. The minimum atomic E-state index is -4.48. The monoisotopic (exact) mass is 317 g/mol. The lowest BCUT2D eigenvalue weighted by molar-refractivity contribution is -0.137. The highest BCUT2D eigenvalue weighted by atomic mass is 35.5. The summed E-state index contributed by atoms with van der Waals surface area (Å²) in [4.78, 5) is 16.3. The van der Waals surface area contributed by atoms with Crippen LogP contribution in [0.1, 0.15) is 5.56 Å². The number of fused-ring (bicyclic) bond motifs is 1. The molecule has 21 heavy (non-hydrogen) atoms. The van der Waals surface area contributed by atoms with Gasteiger partial charge >= 0.3 is 6.18 Å². The van der Waals surface area contributed by atoms with Crippen molar-refractivity contribution < 1.29 is 13.2 Å². The number of benzene rings is 1. The second-order valence-electron chi connectivity index (χ2n) is 5.05. The molecule has 1 aromatic carbocycles. The van der Waals surface area contributed by atoms with E-state index in [2.05, 4.69) is 10.3 Å². The third-order valence-electron chi connectivity index (χ3n) is 3.54. The topological polar surface area (TPSA) is 46.9 Å². The third kappa shape index (κ3) is 2.63. The molecular formula is C13H11ClF3N3O. The summed E-state index contributed by atoms with van der Waals surface area (Å²) in [6.45, 7) is 1.98. The number of hydrogen-bond acceptors (Lipinski definition) is 3. The highest BCUT2D eigenvalue weighted by Gasteiger charge is 2.31. The average Bonchev–Trinajstić information content (AvgIpc) is 2.34. The van der Waals surface area contributed by atoms with Crippen molar-refractivity contribution >= 4 is 22.5 Å². The van der Waals surface area contributed by atoms with E-state index in [-0.39, 0.29) is 22.1 Å². The van der Waals surface area contributed by atoms with Crippen LogP contribution in [0.25, 0.3) is 10.9 Å². The van der Waals surface area contributed by atoms with Gasteiger partial charge in [-0.25, -0.2) is 4.98 Å². The van der Waals surface area contributed by atoms with Crippen LogP contribution in [0, 0.1) is 5.92 Å². The van der Waals surface area contributed by atoms with Crippen LogP contribution in [0.3, 0.4) is 0 Å². The van der Waals surface area contributed by atoms with Crippen LogP contribution in [-0.4, -0.2) is 22.6 Å². The molecule has 0 atom stereocenters. The van der Waals surface area contributed by atoms with Crippen LogP contribution < -0.4 is 10.9 Å². The fraction of sp³-hybridized carbons (Fsp3) is 0.385. The molecule has 1 aromatic heterocycles. The first-order valence-electron chi connectivity index (χ1n) is 6.34. The Hall–Kier alpha value is -1.60. The van der Waals surface area contributed by atoms with Gasteiger partial charge in [-0.1, -0.05) is 0 Å². The fourth-order valence-electron chi connectivity index (χ4n) is 2.26. The van der Waals surface area contributed by atoms with Crippen molar-refractivity contribution in [3.63, 3.8) is 0 Å². The largest absolute Gasteiger partial charge is 0.416 e. The number of alkyl halides is 3. The molecule has 0 bridgehead atoms. The Balaban J connectivity index is 2.10. The summed E-state index contributed by atoms with van der Waals surface area (Å²) in [5.74, 6) is 0.286. The molecule has 0 saturated carbocycles. The zero-order chi connectivity index (χ0) is 15.2. The molecule has 112 valence electrons. The minimum absolute atomic E-state index is 0.0391. The molecule has 0 spiro atoms. The van der Waals surface area contributed by atoms with Crippen LogP contribution in [0.2, 0.25) is 5.28 Å². The predicted molar refractivity (Wildman–Crippen MR) is 72.4 cm³/mol. The van der Waals surface area contributed by atoms with Crippen molar-refractivity contribution in [1.82, 2.24) is 14.9 Å². The fourth-order valence-corrected chi connectivity index (χ4v) is 2.50. The summed E-state index contributed by atoms with van der Waals surface area (Å²) in [5, 5.41) is 3.13. The summed E-state index contributed by atoms with van der Waals surface area (Å²) in [6, 6.07) is 2.88. The zero-order valence-corrected chi connectivity index (χ0v) is 11.5. The molecule has 0 unspecified atom stereocenters. The highest BCUT2D eigenvalue weighted by Crippen LogP contribution is 2.30. The number of aromatic nitrogens is 2. The van der Waals surface area contributed by atoms with Crippen molar-refractivity contribution in [2.45, 2.75) is 12.7 Å². The molecule has 4 nitrogen and oxygen atoms in total. The quantitative estimate of drug-likeness (QED) is 0.865. The van der Waals surface area contributed by atoms with Gasteiger partial charge in [-0.05, 0) is 29.8 Å². The van der Waals surface area contributed by atoms with Gasteiger partial charge in [0.1, 0.15) is 0 Å². The lowest BCUT2D eigenvalue weighted by atomic mass is 10.0. The number of nitrogens with zero attached hydrogens (tertiary/aromatic N) is 2. The van der Waals surface area contributed by atoms with Gasteiger partial charge in [-0.15, -0.1) is 0 Å². The Morgan fingerprint density at radius 1 is 1.38 bits per heavy atom. The maximum atomic E-state index is 12.7. The average molecular weight is 318 g/mol. The van der Waals surface area contributed by atoms with Gasteiger partial charge in [0, 0.05) is 25.6 Å². The minimum Gasteiger partial charge on any atom is -0.316 e. The lowest BCUT2D eigenvalue weighted by Crippen LogP contribution is -2.45. The van der Waals surface area contributed by atoms with Crippen LogP contribution in [0.5, 0.6) is 0 Å². The van der Waals surface area contributed by atoms with Crippen molar-refractivity contribution in [3.05, 3.63) is 39.4 Å². The third-order valence-corrected chi connectivity index (χ3v) is 3.83. The molecule has 1 N–H and O–H groups in total. The van der Waals surface area contributed by atoms with Crippen molar-refractivity contribution in [1.29, 1.82) is 0 Å².